The van der Waals surface area contributed by atoms with E-state index in [1.54, 1.807) is 0 Å². The molecule has 1 N–H and O–H groups in total. The third-order valence-electron chi connectivity index (χ3n) is 4.57. The second kappa shape index (κ2) is 5.47. The lowest BCUT2D eigenvalue weighted by Crippen LogP contribution is -2.46. The van der Waals surface area contributed by atoms with Crippen LogP contribution in [0.3, 0.4) is 0 Å². The summed E-state index contributed by atoms with van der Waals surface area (Å²) in [4.78, 5) is 2.72. The molecule has 2 heterocycles. The quantitative estimate of drug-likeness (QED) is 0.820. The van der Waals surface area contributed by atoms with Gasteiger partial charge in [0.25, 0.3) is 0 Å². The van der Waals surface area contributed by atoms with Crippen molar-refractivity contribution >= 4 is 22.6 Å². The van der Waals surface area contributed by atoms with Crippen molar-refractivity contribution in [3.05, 3.63) is 33.4 Å². The third-order valence-corrected chi connectivity index (χ3v) is 5.29. The van der Waals surface area contributed by atoms with Crippen molar-refractivity contribution in [2.24, 2.45) is 5.92 Å². The number of nitrogens with one attached hydrogen (secondary N) is 1. The number of nitrogens with zero attached hydrogens (tertiary/aromatic N) is 1. The number of rotatable bonds is 2. The van der Waals surface area contributed by atoms with Gasteiger partial charge in [-0.2, -0.15) is 0 Å². The molecule has 18 heavy (non-hydrogen) atoms. The topological polar surface area (TPSA) is 15.3 Å². The highest BCUT2D eigenvalue weighted by Gasteiger charge is 2.37. The number of piperidine rings is 1. The molecule has 0 saturated carbocycles. The second-order valence-corrected chi connectivity index (χ2v) is 6.84. The molecule has 0 spiro atoms. The van der Waals surface area contributed by atoms with Gasteiger partial charge in [-0.15, -0.1) is 0 Å². The third kappa shape index (κ3) is 2.45. The fraction of sp³-hybridized carbons (Fsp3) is 0.600. The van der Waals surface area contributed by atoms with E-state index in [0.717, 1.165) is 12.0 Å². The molecule has 0 radical (unpaired) electrons. The van der Waals surface area contributed by atoms with Crippen molar-refractivity contribution in [2.45, 2.75) is 31.8 Å². The highest BCUT2D eigenvalue weighted by molar-refractivity contribution is 14.1. The number of hydrogen-bond acceptors (Lipinski definition) is 2. The summed E-state index contributed by atoms with van der Waals surface area (Å²) in [6.07, 6.45) is 2.77. The van der Waals surface area contributed by atoms with E-state index < -0.39 is 0 Å². The smallest absolute Gasteiger partial charge is 0.0323 e. The van der Waals surface area contributed by atoms with E-state index in [0.29, 0.717) is 6.04 Å². The Balaban J connectivity index is 1.78. The molecule has 3 heteroatoms. The maximum absolute atomic E-state index is 3.57. The summed E-state index contributed by atoms with van der Waals surface area (Å²) >= 11 is 2.38. The van der Waals surface area contributed by atoms with Crippen LogP contribution >= 0.6 is 22.6 Å². The first-order chi connectivity index (χ1) is 8.75. The lowest BCUT2D eigenvalue weighted by molar-refractivity contribution is 0.0847. The zero-order valence-corrected chi connectivity index (χ0v) is 13.1. The van der Waals surface area contributed by atoms with Gasteiger partial charge < -0.3 is 5.32 Å². The predicted octanol–water partition coefficient (Wildman–Crippen LogP) is 3.04. The van der Waals surface area contributed by atoms with Gasteiger partial charge in [0.05, 0.1) is 0 Å². The molecule has 1 aromatic rings. The van der Waals surface area contributed by atoms with Crippen molar-refractivity contribution in [2.75, 3.05) is 19.6 Å². The SMILES string of the molecule is CC(c1ccc(I)cc1)N1CCCC2CNCC21. The molecule has 0 aliphatic carbocycles. The van der Waals surface area contributed by atoms with Gasteiger partial charge in [0.2, 0.25) is 0 Å². The van der Waals surface area contributed by atoms with Crippen LogP contribution in [0.2, 0.25) is 0 Å². The van der Waals surface area contributed by atoms with E-state index in [1.807, 2.05) is 0 Å². The lowest BCUT2D eigenvalue weighted by atomic mass is 9.90. The molecule has 2 aliphatic heterocycles. The lowest BCUT2D eigenvalue weighted by Gasteiger charge is -2.41. The van der Waals surface area contributed by atoms with Crippen molar-refractivity contribution in [3.63, 3.8) is 0 Å². The predicted molar refractivity (Wildman–Crippen MR) is 83.7 cm³/mol. The van der Waals surface area contributed by atoms with E-state index in [2.05, 4.69) is 64.0 Å². The molecule has 1 aromatic carbocycles. The zero-order chi connectivity index (χ0) is 12.5. The summed E-state index contributed by atoms with van der Waals surface area (Å²) in [5, 5.41) is 3.57. The van der Waals surface area contributed by atoms with Crippen LogP contribution < -0.4 is 5.32 Å². The highest BCUT2D eigenvalue weighted by atomic mass is 127. The van der Waals surface area contributed by atoms with Crippen LogP contribution in [0.15, 0.2) is 24.3 Å². The summed E-state index contributed by atoms with van der Waals surface area (Å²) in [6, 6.07) is 10.3. The Morgan fingerprint density at radius 1 is 1.28 bits per heavy atom. The highest BCUT2D eigenvalue weighted by Crippen LogP contribution is 2.33. The monoisotopic (exact) mass is 356 g/mol. The minimum atomic E-state index is 0.551. The fourth-order valence-corrected chi connectivity index (χ4v) is 3.88. The first-order valence-corrected chi connectivity index (χ1v) is 8.05. The van der Waals surface area contributed by atoms with Crippen LogP contribution in [0.4, 0.5) is 0 Å². The maximum Gasteiger partial charge on any atom is 0.0323 e. The molecule has 0 bridgehead atoms. The van der Waals surface area contributed by atoms with Crippen molar-refractivity contribution in [1.82, 2.24) is 10.2 Å². The van der Waals surface area contributed by atoms with E-state index in [1.165, 1.54) is 41.6 Å². The first kappa shape index (κ1) is 12.9. The normalized spacial score (nSPS) is 30.1. The minimum Gasteiger partial charge on any atom is -0.315 e. The average molecular weight is 356 g/mol. The summed E-state index contributed by atoms with van der Waals surface area (Å²) in [5.74, 6) is 0.880. The number of halogens is 1. The molecule has 3 rings (SSSR count). The summed E-state index contributed by atoms with van der Waals surface area (Å²) < 4.78 is 1.32. The Morgan fingerprint density at radius 2 is 2.06 bits per heavy atom. The molecule has 2 aliphatic rings. The number of likely N-dealkylation sites (tertiary alicyclic amines) is 1. The molecule has 2 fully saturated rings. The first-order valence-electron chi connectivity index (χ1n) is 6.97. The Hall–Kier alpha value is -0.130. The van der Waals surface area contributed by atoms with E-state index in [9.17, 15) is 0 Å². The Kier molecular flexibility index (Phi) is 3.91. The number of fused-ring (bicyclic) bond motifs is 1. The van der Waals surface area contributed by atoms with Gasteiger partial charge in [-0.3, -0.25) is 4.90 Å². The van der Waals surface area contributed by atoms with E-state index in [-0.39, 0.29) is 0 Å². The largest absolute Gasteiger partial charge is 0.315 e. The number of hydrogen-bond donors (Lipinski definition) is 1. The Labute approximate surface area is 123 Å². The van der Waals surface area contributed by atoms with Crippen LogP contribution in [-0.4, -0.2) is 30.6 Å². The Bertz CT molecular complexity index is 403. The number of benzene rings is 1. The van der Waals surface area contributed by atoms with Crippen molar-refractivity contribution in [3.8, 4) is 0 Å². The second-order valence-electron chi connectivity index (χ2n) is 5.59. The molecule has 2 saturated heterocycles. The van der Waals surface area contributed by atoms with Crippen molar-refractivity contribution in [1.29, 1.82) is 0 Å². The zero-order valence-electron chi connectivity index (χ0n) is 10.9. The molecule has 0 aromatic heterocycles. The van der Waals surface area contributed by atoms with Gasteiger partial charge >= 0.3 is 0 Å². The van der Waals surface area contributed by atoms with Crippen LogP contribution in [0.5, 0.6) is 0 Å². The molecule has 3 atom stereocenters. The molecular formula is C15H21IN2. The van der Waals surface area contributed by atoms with Crippen LogP contribution in [0.1, 0.15) is 31.4 Å². The van der Waals surface area contributed by atoms with Crippen LogP contribution in [0.25, 0.3) is 0 Å². The molecule has 2 nitrogen and oxygen atoms in total. The summed E-state index contributed by atoms with van der Waals surface area (Å²) in [6.45, 7) is 6.03. The van der Waals surface area contributed by atoms with E-state index >= 15 is 0 Å². The van der Waals surface area contributed by atoms with Gasteiger partial charge in [0.1, 0.15) is 0 Å². The standard InChI is InChI=1S/C15H21IN2/c1-11(12-4-6-14(16)7-5-12)18-8-2-3-13-9-17-10-15(13)18/h4-7,11,13,15,17H,2-3,8-10H2,1H3. The summed E-state index contributed by atoms with van der Waals surface area (Å²) in [5.41, 5.74) is 1.46. The van der Waals surface area contributed by atoms with E-state index in [4.69, 9.17) is 0 Å². The van der Waals surface area contributed by atoms with Gasteiger partial charge in [-0.25, -0.2) is 0 Å². The molecule has 0 amide bonds. The van der Waals surface area contributed by atoms with Gasteiger partial charge in [-0.1, -0.05) is 12.1 Å². The van der Waals surface area contributed by atoms with Gasteiger partial charge in [-0.05, 0) is 79.1 Å². The summed E-state index contributed by atoms with van der Waals surface area (Å²) in [7, 11) is 0. The van der Waals surface area contributed by atoms with Crippen LogP contribution in [-0.2, 0) is 0 Å². The van der Waals surface area contributed by atoms with Crippen LogP contribution in [0, 0.1) is 9.49 Å². The molecule has 98 valence electrons. The molecular weight excluding hydrogens is 335 g/mol. The van der Waals surface area contributed by atoms with Gasteiger partial charge in [0.15, 0.2) is 0 Å². The minimum absolute atomic E-state index is 0.551. The maximum atomic E-state index is 3.57. The molecule has 3 unspecified atom stereocenters. The Morgan fingerprint density at radius 3 is 2.83 bits per heavy atom. The van der Waals surface area contributed by atoms with Crippen molar-refractivity contribution < 1.29 is 0 Å². The average Bonchev–Trinajstić information content (AvgIpc) is 2.87. The van der Waals surface area contributed by atoms with Gasteiger partial charge in [0, 0.05) is 22.2 Å². The fourth-order valence-electron chi connectivity index (χ4n) is 3.52.